The van der Waals surface area contributed by atoms with Crippen LogP contribution in [0.5, 0.6) is 5.75 Å². The molecule has 1 N–H and O–H groups in total. The third-order valence-corrected chi connectivity index (χ3v) is 3.11. The number of amides is 1. The normalized spacial score (nSPS) is 10.2. The van der Waals surface area contributed by atoms with Gasteiger partial charge in [-0.1, -0.05) is 11.6 Å². The number of aromatic nitrogens is 1. The third kappa shape index (κ3) is 4.18. The second-order valence-electron chi connectivity index (χ2n) is 3.77. The molecule has 4 nitrogen and oxygen atoms in total. The quantitative estimate of drug-likeness (QED) is 0.906. The first-order valence-electron chi connectivity index (χ1n) is 5.54. The zero-order valence-corrected chi connectivity index (χ0v) is 12.4. The van der Waals surface area contributed by atoms with Gasteiger partial charge in [-0.15, -0.1) is 0 Å². The Bertz CT molecular complexity index is 622. The monoisotopic (exact) mass is 358 g/mol. The van der Waals surface area contributed by atoms with Gasteiger partial charge in [0.15, 0.2) is 6.61 Å². The van der Waals surface area contributed by atoms with E-state index in [2.05, 4.69) is 26.2 Å². The van der Waals surface area contributed by atoms with E-state index in [9.17, 15) is 9.18 Å². The van der Waals surface area contributed by atoms with Crippen LogP contribution in [0.2, 0.25) is 5.02 Å². The number of carbonyl (C=O) groups is 1. The first kappa shape index (κ1) is 14.7. The van der Waals surface area contributed by atoms with Crippen molar-refractivity contribution in [3.8, 4) is 5.75 Å². The lowest BCUT2D eigenvalue weighted by Gasteiger charge is -2.08. The number of halogens is 3. The fourth-order valence-electron chi connectivity index (χ4n) is 1.35. The zero-order valence-electron chi connectivity index (χ0n) is 10.1. The van der Waals surface area contributed by atoms with Crippen molar-refractivity contribution < 1.29 is 13.9 Å². The van der Waals surface area contributed by atoms with Crippen molar-refractivity contribution in [1.29, 1.82) is 0 Å². The summed E-state index contributed by atoms with van der Waals surface area (Å²) in [6.45, 7) is -0.187. The molecule has 0 unspecified atom stereocenters. The Morgan fingerprint density at radius 1 is 1.40 bits per heavy atom. The minimum absolute atomic E-state index is 0.187. The van der Waals surface area contributed by atoms with Gasteiger partial charge in [0, 0.05) is 5.02 Å². The van der Waals surface area contributed by atoms with E-state index in [1.54, 1.807) is 24.3 Å². The van der Waals surface area contributed by atoms with Crippen LogP contribution in [-0.2, 0) is 4.79 Å². The molecule has 0 saturated carbocycles. The summed E-state index contributed by atoms with van der Waals surface area (Å²) in [5.74, 6) is -0.140. The van der Waals surface area contributed by atoms with Crippen molar-refractivity contribution in [3.05, 3.63) is 51.8 Å². The number of benzene rings is 1. The van der Waals surface area contributed by atoms with Gasteiger partial charge in [0.25, 0.3) is 5.91 Å². The molecule has 0 saturated heterocycles. The van der Waals surface area contributed by atoms with Gasteiger partial charge in [-0.3, -0.25) is 4.79 Å². The van der Waals surface area contributed by atoms with Gasteiger partial charge in [0.2, 0.25) is 0 Å². The Kier molecular flexibility index (Phi) is 4.92. The number of hydrogen-bond donors (Lipinski definition) is 1. The van der Waals surface area contributed by atoms with E-state index in [4.69, 9.17) is 16.3 Å². The second-order valence-corrected chi connectivity index (χ2v) is 5.07. The molecule has 1 amide bonds. The average molecular weight is 360 g/mol. The molecular formula is C13H9BrClFN2O2. The van der Waals surface area contributed by atoms with Crippen LogP contribution in [0.15, 0.2) is 41.0 Å². The summed E-state index contributed by atoms with van der Waals surface area (Å²) in [5, 5.41) is 3.09. The Balaban J connectivity index is 1.90. The van der Waals surface area contributed by atoms with E-state index in [0.29, 0.717) is 15.2 Å². The van der Waals surface area contributed by atoms with Crippen molar-refractivity contribution in [3.63, 3.8) is 0 Å². The predicted molar refractivity (Wildman–Crippen MR) is 77.5 cm³/mol. The average Bonchev–Trinajstić information content (AvgIpc) is 2.41. The summed E-state index contributed by atoms with van der Waals surface area (Å²) in [6, 6.07) is 7.84. The lowest BCUT2D eigenvalue weighted by molar-refractivity contribution is -0.118. The van der Waals surface area contributed by atoms with Crippen LogP contribution >= 0.6 is 27.5 Å². The summed E-state index contributed by atoms with van der Waals surface area (Å²) in [6.07, 6.45) is 1.01. The minimum Gasteiger partial charge on any atom is -0.484 e. The van der Waals surface area contributed by atoms with E-state index in [1.807, 2.05) is 0 Å². The van der Waals surface area contributed by atoms with Gasteiger partial charge in [0.05, 0.1) is 10.7 Å². The third-order valence-electron chi connectivity index (χ3n) is 2.25. The number of carbonyl (C=O) groups excluding carboxylic acids is 1. The van der Waals surface area contributed by atoms with E-state index in [0.717, 1.165) is 6.20 Å². The van der Waals surface area contributed by atoms with Crippen molar-refractivity contribution in [2.75, 3.05) is 11.9 Å². The summed E-state index contributed by atoms with van der Waals surface area (Å²) in [5.41, 5.74) is 0. The van der Waals surface area contributed by atoms with E-state index < -0.39 is 11.7 Å². The molecule has 0 aliphatic heterocycles. The van der Waals surface area contributed by atoms with Crippen LogP contribution in [0.25, 0.3) is 0 Å². The van der Waals surface area contributed by atoms with Gasteiger partial charge in [-0.25, -0.2) is 9.37 Å². The van der Waals surface area contributed by atoms with E-state index in [-0.39, 0.29) is 12.4 Å². The maximum Gasteiger partial charge on any atom is 0.263 e. The number of ether oxygens (including phenoxy) is 1. The highest BCUT2D eigenvalue weighted by Crippen LogP contribution is 2.20. The molecule has 0 fully saturated rings. The number of nitrogens with one attached hydrogen (secondary N) is 1. The fraction of sp³-hybridized carbons (Fsp3) is 0.0769. The molecule has 2 rings (SSSR count). The summed E-state index contributed by atoms with van der Waals surface area (Å²) < 4.78 is 18.5. The standard InChI is InChI=1S/C13H9BrClFN2O2/c14-11-5-9(16)6-17-13(11)18-12(19)7-20-10-3-1-8(15)2-4-10/h1-6H,7H2,(H,17,18,19). The Morgan fingerprint density at radius 2 is 2.10 bits per heavy atom. The molecule has 0 radical (unpaired) electrons. The lowest BCUT2D eigenvalue weighted by atomic mass is 10.3. The maximum atomic E-state index is 12.8. The van der Waals surface area contributed by atoms with Gasteiger partial charge < -0.3 is 10.1 Å². The summed E-state index contributed by atoms with van der Waals surface area (Å²) >= 11 is 8.84. The van der Waals surface area contributed by atoms with E-state index in [1.165, 1.54) is 6.07 Å². The number of nitrogens with zero attached hydrogens (tertiary/aromatic N) is 1. The second kappa shape index (κ2) is 6.67. The number of hydrogen-bond acceptors (Lipinski definition) is 3. The Labute approximate surface area is 128 Å². The van der Waals surface area contributed by atoms with Crippen molar-refractivity contribution in [2.45, 2.75) is 0 Å². The Hall–Kier alpha value is -1.66. The highest BCUT2D eigenvalue weighted by molar-refractivity contribution is 9.10. The summed E-state index contributed by atoms with van der Waals surface area (Å²) in [7, 11) is 0. The molecule has 0 aliphatic rings. The smallest absolute Gasteiger partial charge is 0.263 e. The van der Waals surface area contributed by atoms with Crippen LogP contribution in [0.1, 0.15) is 0 Å². The van der Waals surface area contributed by atoms with Crippen molar-refractivity contribution in [2.24, 2.45) is 0 Å². The molecule has 20 heavy (non-hydrogen) atoms. The number of anilines is 1. The van der Waals surface area contributed by atoms with Crippen LogP contribution in [0.3, 0.4) is 0 Å². The number of rotatable bonds is 4. The predicted octanol–water partition coefficient (Wildman–Crippen LogP) is 3.65. The maximum absolute atomic E-state index is 12.8. The molecule has 0 spiro atoms. The SMILES string of the molecule is O=C(COc1ccc(Cl)cc1)Nc1ncc(F)cc1Br. The first-order chi connectivity index (χ1) is 9.54. The van der Waals surface area contributed by atoms with Gasteiger partial charge in [-0.05, 0) is 46.3 Å². The molecule has 0 bridgehead atoms. The van der Waals surface area contributed by atoms with E-state index >= 15 is 0 Å². The molecule has 1 aromatic carbocycles. The lowest BCUT2D eigenvalue weighted by Crippen LogP contribution is -2.21. The minimum atomic E-state index is -0.493. The molecule has 2 aromatic rings. The molecule has 1 aromatic heterocycles. The Morgan fingerprint density at radius 3 is 2.75 bits per heavy atom. The highest BCUT2D eigenvalue weighted by Gasteiger charge is 2.08. The molecular weight excluding hydrogens is 351 g/mol. The first-order valence-corrected chi connectivity index (χ1v) is 6.71. The topological polar surface area (TPSA) is 51.2 Å². The summed E-state index contributed by atoms with van der Waals surface area (Å²) in [4.78, 5) is 15.4. The largest absolute Gasteiger partial charge is 0.484 e. The van der Waals surface area contributed by atoms with Gasteiger partial charge in [0.1, 0.15) is 17.4 Å². The number of pyridine rings is 1. The zero-order chi connectivity index (χ0) is 14.5. The highest BCUT2D eigenvalue weighted by atomic mass is 79.9. The fourth-order valence-corrected chi connectivity index (χ4v) is 1.90. The van der Waals surface area contributed by atoms with Crippen LogP contribution in [0.4, 0.5) is 10.2 Å². The van der Waals surface area contributed by atoms with Gasteiger partial charge in [-0.2, -0.15) is 0 Å². The molecule has 0 atom stereocenters. The van der Waals surface area contributed by atoms with Crippen LogP contribution < -0.4 is 10.1 Å². The molecule has 0 aliphatic carbocycles. The van der Waals surface area contributed by atoms with Crippen LogP contribution in [0, 0.1) is 5.82 Å². The van der Waals surface area contributed by atoms with Crippen molar-refractivity contribution >= 4 is 39.3 Å². The molecule has 1 heterocycles. The van der Waals surface area contributed by atoms with Crippen LogP contribution in [-0.4, -0.2) is 17.5 Å². The van der Waals surface area contributed by atoms with Crippen molar-refractivity contribution in [1.82, 2.24) is 4.98 Å². The molecule has 104 valence electrons. The van der Waals surface area contributed by atoms with Gasteiger partial charge >= 0.3 is 0 Å². The molecule has 7 heteroatoms.